The van der Waals surface area contributed by atoms with Gasteiger partial charge in [0.05, 0.1) is 12.5 Å². The average Bonchev–Trinajstić information content (AvgIpc) is 3.71. The predicted molar refractivity (Wildman–Crippen MR) is 129 cm³/mol. The van der Waals surface area contributed by atoms with Crippen molar-refractivity contribution in [2.75, 3.05) is 5.06 Å². The van der Waals surface area contributed by atoms with Crippen LogP contribution in [-0.2, 0) is 15.8 Å². The quantitative estimate of drug-likeness (QED) is 0.320. The fourth-order valence-electron chi connectivity index (χ4n) is 5.13. The van der Waals surface area contributed by atoms with Crippen LogP contribution in [0.15, 0.2) is 99.5 Å². The van der Waals surface area contributed by atoms with Crippen LogP contribution in [-0.4, -0.2) is 24.9 Å². The summed E-state index contributed by atoms with van der Waals surface area (Å²) in [6.45, 7) is 0. The highest BCUT2D eigenvalue weighted by molar-refractivity contribution is 7.10. The highest BCUT2D eigenvalue weighted by atomic mass is 32.1. The number of rotatable bonds is 6. The highest BCUT2D eigenvalue weighted by Crippen LogP contribution is 2.66. The lowest BCUT2D eigenvalue weighted by atomic mass is 9.63. The highest BCUT2D eigenvalue weighted by Gasteiger charge is 2.76. The van der Waals surface area contributed by atoms with Crippen molar-refractivity contribution in [1.82, 2.24) is 24.9 Å². The maximum atomic E-state index is 6.88. The number of hydrogen-bond acceptors (Lipinski definition) is 9. The van der Waals surface area contributed by atoms with E-state index in [1.165, 1.54) is 11.3 Å². The molecule has 6 aromatic rings. The summed E-state index contributed by atoms with van der Waals surface area (Å²) in [6.07, 6.45) is 11.3. The molecule has 2 N–H and O–H groups in total. The van der Waals surface area contributed by atoms with Crippen molar-refractivity contribution in [2.45, 2.75) is 17.1 Å². The third kappa shape index (κ3) is 2.62. The smallest absolute Gasteiger partial charge is 0.227 e. The fourth-order valence-corrected chi connectivity index (χ4v) is 7.02. The van der Waals surface area contributed by atoms with E-state index in [1.54, 1.807) is 42.5 Å². The van der Waals surface area contributed by atoms with Crippen molar-refractivity contribution in [2.24, 2.45) is 0 Å². The van der Waals surface area contributed by atoms with Gasteiger partial charge in [-0.15, -0.1) is 22.7 Å². The molecule has 1 aliphatic rings. The third-order valence-electron chi connectivity index (χ3n) is 6.35. The minimum absolute atomic E-state index is 0.401. The molecule has 3 unspecified atom stereocenters. The average molecular weight is 503 g/mol. The van der Waals surface area contributed by atoms with E-state index in [9.17, 15) is 0 Å². The maximum Gasteiger partial charge on any atom is 0.227 e. The van der Waals surface area contributed by atoms with E-state index < -0.39 is 17.1 Å². The molecule has 174 valence electrons. The second-order valence-electron chi connectivity index (χ2n) is 7.95. The number of imidazole rings is 1. The van der Waals surface area contributed by atoms with E-state index in [4.69, 9.17) is 23.6 Å². The second kappa shape index (κ2) is 7.80. The summed E-state index contributed by atoms with van der Waals surface area (Å²) in [4.78, 5) is 28.8. The number of hydrogen-bond donors (Lipinski definition) is 2. The number of nitrogens with one attached hydrogen (secondary N) is 2. The number of aromatic amines is 2. The van der Waals surface area contributed by atoms with E-state index in [0.717, 1.165) is 15.7 Å². The molecule has 0 radical (unpaired) electrons. The number of hydroxylamine groups is 1. The van der Waals surface area contributed by atoms with Crippen LogP contribution in [0.5, 0.6) is 0 Å². The number of nitrogens with zero attached hydrogens (tertiary/aromatic N) is 4. The zero-order valence-corrected chi connectivity index (χ0v) is 19.7. The summed E-state index contributed by atoms with van der Waals surface area (Å²) >= 11 is 3.12. The largest absolute Gasteiger partial charge is 0.468 e. The molecule has 0 saturated carbocycles. The number of thiazole rings is 1. The summed E-state index contributed by atoms with van der Waals surface area (Å²) in [5.74, 6) is 2.44. The SMILES string of the molecule is c1c[nH]c(N2OC(c3ncco3)C(c3ccco3)(c3nccs3)C2(c2ncc[nH]2)c2cccs2)c1. The van der Waals surface area contributed by atoms with Gasteiger partial charge in [0.15, 0.2) is 17.1 Å². The van der Waals surface area contributed by atoms with Gasteiger partial charge >= 0.3 is 0 Å². The van der Waals surface area contributed by atoms with E-state index in [0.29, 0.717) is 17.5 Å². The van der Waals surface area contributed by atoms with Gasteiger partial charge in [0.25, 0.3) is 0 Å². The molecule has 1 aliphatic heterocycles. The molecule has 0 spiro atoms. The van der Waals surface area contributed by atoms with Gasteiger partial charge in [-0.05, 0) is 35.7 Å². The molecule has 1 fully saturated rings. The van der Waals surface area contributed by atoms with Gasteiger partial charge in [-0.1, -0.05) is 6.07 Å². The zero-order chi connectivity index (χ0) is 23.3. The van der Waals surface area contributed by atoms with Crippen molar-refractivity contribution in [3.8, 4) is 0 Å². The molecule has 0 amide bonds. The van der Waals surface area contributed by atoms with Crippen LogP contribution in [0.1, 0.15) is 33.5 Å². The van der Waals surface area contributed by atoms with Gasteiger partial charge in [0.1, 0.15) is 28.7 Å². The molecular weight excluding hydrogens is 484 g/mol. The van der Waals surface area contributed by atoms with E-state index in [1.807, 2.05) is 58.5 Å². The minimum atomic E-state index is -1.08. The molecule has 7 rings (SSSR count). The van der Waals surface area contributed by atoms with Crippen molar-refractivity contribution in [1.29, 1.82) is 0 Å². The van der Waals surface area contributed by atoms with Gasteiger partial charge in [-0.3, -0.25) is 4.84 Å². The molecule has 1 saturated heterocycles. The van der Waals surface area contributed by atoms with Crippen LogP contribution in [0.4, 0.5) is 5.82 Å². The molecular formula is C24H18N6O3S2. The zero-order valence-electron chi connectivity index (χ0n) is 18.1. The van der Waals surface area contributed by atoms with Gasteiger partial charge in [0, 0.05) is 35.0 Å². The number of thiophene rings is 1. The summed E-state index contributed by atoms with van der Waals surface area (Å²) in [7, 11) is 0. The Bertz CT molecular complexity index is 1290. The lowest BCUT2D eigenvalue weighted by molar-refractivity contribution is 0.0414. The Balaban J connectivity index is 1.69. The first-order valence-electron chi connectivity index (χ1n) is 10.8. The van der Waals surface area contributed by atoms with Gasteiger partial charge < -0.3 is 18.8 Å². The van der Waals surface area contributed by atoms with Crippen LogP contribution in [0.25, 0.3) is 0 Å². The predicted octanol–water partition coefficient (Wildman–Crippen LogP) is 5.26. The van der Waals surface area contributed by atoms with Crippen LogP contribution in [0, 0.1) is 0 Å². The normalized spacial score (nSPS) is 24.3. The van der Waals surface area contributed by atoms with Gasteiger partial charge in [-0.25, -0.2) is 20.0 Å². The van der Waals surface area contributed by atoms with Crippen LogP contribution >= 0.6 is 22.7 Å². The molecule has 6 aromatic heterocycles. The fraction of sp³-hybridized carbons (Fsp3) is 0.125. The number of furan rings is 1. The van der Waals surface area contributed by atoms with E-state index >= 15 is 0 Å². The Morgan fingerprint density at radius 3 is 2.51 bits per heavy atom. The number of oxazole rings is 1. The first kappa shape index (κ1) is 20.4. The van der Waals surface area contributed by atoms with Crippen molar-refractivity contribution < 1.29 is 13.7 Å². The molecule has 7 heterocycles. The van der Waals surface area contributed by atoms with E-state index in [-0.39, 0.29) is 0 Å². The monoisotopic (exact) mass is 502 g/mol. The van der Waals surface area contributed by atoms with Crippen LogP contribution < -0.4 is 5.06 Å². The molecule has 11 heteroatoms. The van der Waals surface area contributed by atoms with Gasteiger partial charge in [0.2, 0.25) is 5.89 Å². The van der Waals surface area contributed by atoms with Crippen LogP contribution in [0.2, 0.25) is 0 Å². The number of anilines is 1. The molecule has 35 heavy (non-hydrogen) atoms. The maximum absolute atomic E-state index is 6.88. The van der Waals surface area contributed by atoms with E-state index in [2.05, 4.69) is 21.0 Å². The molecule has 9 nitrogen and oxygen atoms in total. The molecule has 0 aliphatic carbocycles. The van der Waals surface area contributed by atoms with Gasteiger partial charge in [-0.2, -0.15) is 0 Å². The first-order chi connectivity index (χ1) is 17.4. The number of aromatic nitrogens is 5. The standard InChI is InChI=1S/C24H18N6O3S2/c1-6-18(25-7-1)30-24(17-5-3-14-34-17,21-27-8-9-28-21)23(16-4-2-12-31-16,22-29-11-15-35-22)19(33-30)20-26-10-13-32-20/h1-15,19,25H,(H,27,28). The third-order valence-corrected chi connectivity index (χ3v) is 8.24. The molecule has 0 bridgehead atoms. The Labute approximate surface area is 207 Å². The summed E-state index contributed by atoms with van der Waals surface area (Å²) in [6, 6.07) is 11.8. The summed E-state index contributed by atoms with van der Waals surface area (Å²) in [5, 5.41) is 6.62. The summed E-state index contributed by atoms with van der Waals surface area (Å²) in [5.41, 5.74) is -2.16. The van der Waals surface area contributed by atoms with Crippen molar-refractivity contribution in [3.63, 3.8) is 0 Å². The Hall–Kier alpha value is -3.93. The molecule has 3 atom stereocenters. The van der Waals surface area contributed by atoms with Crippen molar-refractivity contribution >= 4 is 28.5 Å². The topological polar surface area (TPSA) is 109 Å². The lowest BCUT2D eigenvalue weighted by Gasteiger charge is -2.44. The minimum Gasteiger partial charge on any atom is -0.468 e. The second-order valence-corrected chi connectivity index (χ2v) is 9.80. The van der Waals surface area contributed by atoms with Crippen LogP contribution in [0.3, 0.4) is 0 Å². The Morgan fingerprint density at radius 1 is 0.857 bits per heavy atom. The van der Waals surface area contributed by atoms with Crippen molar-refractivity contribution in [3.05, 3.63) is 118 Å². The first-order valence-corrected chi connectivity index (χ1v) is 12.6. The number of H-pyrrole nitrogens is 2. The Kier molecular flexibility index (Phi) is 4.56. The summed E-state index contributed by atoms with van der Waals surface area (Å²) < 4.78 is 12.1. The lowest BCUT2D eigenvalue weighted by Crippen LogP contribution is -2.56. The molecule has 0 aromatic carbocycles. The Morgan fingerprint density at radius 2 is 1.86 bits per heavy atom.